The Morgan fingerprint density at radius 1 is 1.20 bits per heavy atom. The lowest BCUT2D eigenvalue weighted by atomic mass is 10.1. The van der Waals surface area contributed by atoms with E-state index in [0.29, 0.717) is 21.3 Å². The van der Waals surface area contributed by atoms with E-state index in [-0.39, 0.29) is 12.4 Å². The molecule has 2 aromatic carbocycles. The minimum atomic E-state index is -4.36. The number of methoxy groups -OCH3 is 1. The van der Waals surface area contributed by atoms with Crippen LogP contribution in [0.5, 0.6) is 0 Å². The maximum absolute atomic E-state index is 12.7. The highest BCUT2D eigenvalue weighted by atomic mass is 35.5. The van der Waals surface area contributed by atoms with Gasteiger partial charge in [0.05, 0.1) is 29.8 Å². The Morgan fingerprint density at radius 3 is 2.50 bits per heavy atom. The average molecular weight is 472 g/mol. The Bertz CT molecular complexity index is 1050. The molecule has 3 rings (SSSR count). The van der Waals surface area contributed by atoms with Crippen molar-refractivity contribution in [1.29, 1.82) is 0 Å². The Hall–Kier alpha value is -2.03. The van der Waals surface area contributed by atoms with Crippen molar-refractivity contribution in [3.8, 4) is 10.6 Å². The summed E-state index contributed by atoms with van der Waals surface area (Å²) >= 11 is 9.32. The van der Waals surface area contributed by atoms with E-state index in [0.717, 1.165) is 33.2 Å². The van der Waals surface area contributed by atoms with E-state index in [1.165, 1.54) is 42.3 Å². The monoisotopic (exact) mass is 471 g/mol. The summed E-state index contributed by atoms with van der Waals surface area (Å²) in [5.41, 5.74) is 1.58. The van der Waals surface area contributed by atoms with Crippen LogP contribution in [0.2, 0.25) is 5.02 Å². The lowest BCUT2D eigenvalue weighted by Crippen LogP contribution is -2.04. The van der Waals surface area contributed by atoms with Crippen LogP contribution in [0, 0.1) is 6.92 Å². The molecule has 0 spiro atoms. The van der Waals surface area contributed by atoms with Crippen molar-refractivity contribution in [2.45, 2.75) is 30.2 Å². The van der Waals surface area contributed by atoms with Crippen LogP contribution in [0.15, 0.2) is 47.4 Å². The van der Waals surface area contributed by atoms with Crippen LogP contribution in [-0.4, -0.2) is 18.1 Å². The van der Waals surface area contributed by atoms with Gasteiger partial charge in [-0.2, -0.15) is 13.2 Å². The lowest BCUT2D eigenvalue weighted by Gasteiger charge is -2.06. The van der Waals surface area contributed by atoms with Gasteiger partial charge in [0.25, 0.3) is 0 Å². The number of carbonyl (C=O) groups is 1. The second-order valence-electron chi connectivity index (χ2n) is 6.41. The summed E-state index contributed by atoms with van der Waals surface area (Å²) in [6.45, 7) is 1.88. The molecule has 0 radical (unpaired) electrons. The van der Waals surface area contributed by atoms with E-state index >= 15 is 0 Å². The molecule has 3 aromatic rings. The normalized spacial score (nSPS) is 11.5. The van der Waals surface area contributed by atoms with E-state index in [2.05, 4.69) is 9.72 Å². The van der Waals surface area contributed by atoms with Crippen LogP contribution in [0.4, 0.5) is 13.2 Å². The molecule has 1 aromatic heterocycles. The molecule has 0 bridgehead atoms. The van der Waals surface area contributed by atoms with Gasteiger partial charge in [-0.3, -0.25) is 4.79 Å². The first-order chi connectivity index (χ1) is 14.2. The van der Waals surface area contributed by atoms with Crippen LogP contribution in [0.3, 0.4) is 0 Å². The molecule has 0 atom stereocenters. The van der Waals surface area contributed by atoms with Gasteiger partial charge in [-0.25, -0.2) is 4.98 Å². The summed E-state index contributed by atoms with van der Waals surface area (Å²) in [6, 6.07) is 10.4. The molecule has 158 valence electrons. The standard InChI is InChI=1S/C21H17ClF3NO2S2/c1-12-18(11-29-17-8-3-13(9-16(17)22)10-19(27)28-2)30-20(26-12)14-4-6-15(7-5-14)21(23,24)25/h3-9H,10-11H2,1-2H3. The van der Waals surface area contributed by atoms with Crippen molar-refractivity contribution in [3.63, 3.8) is 0 Å². The fourth-order valence-electron chi connectivity index (χ4n) is 2.64. The molecule has 0 aliphatic heterocycles. The molecule has 0 aliphatic carbocycles. The number of aryl methyl sites for hydroxylation is 1. The maximum Gasteiger partial charge on any atom is 0.416 e. The van der Waals surface area contributed by atoms with E-state index in [1.807, 2.05) is 19.1 Å². The lowest BCUT2D eigenvalue weighted by molar-refractivity contribution is -0.140. The smallest absolute Gasteiger partial charge is 0.416 e. The minimum Gasteiger partial charge on any atom is -0.469 e. The first-order valence-corrected chi connectivity index (χ1v) is 11.0. The first-order valence-electron chi connectivity index (χ1n) is 8.79. The molecule has 0 saturated heterocycles. The first kappa shape index (κ1) is 22.7. The quantitative estimate of drug-likeness (QED) is 0.293. The number of esters is 1. The topological polar surface area (TPSA) is 39.2 Å². The largest absolute Gasteiger partial charge is 0.469 e. The number of thioether (sulfide) groups is 1. The van der Waals surface area contributed by atoms with E-state index in [1.54, 1.807) is 6.07 Å². The summed E-state index contributed by atoms with van der Waals surface area (Å²) in [7, 11) is 1.34. The third-order valence-electron chi connectivity index (χ3n) is 4.28. The van der Waals surface area contributed by atoms with Crippen LogP contribution in [-0.2, 0) is 27.9 Å². The Labute approximate surface area is 185 Å². The number of alkyl halides is 3. The fraction of sp³-hybridized carbons (Fsp3) is 0.238. The zero-order valence-corrected chi connectivity index (χ0v) is 18.4. The molecule has 0 N–H and O–H groups in total. The van der Waals surface area contributed by atoms with Crippen molar-refractivity contribution in [1.82, 2.24) is 4.98 Å². The molecule has 0 saturated carbocycles. The zero-order valence-electron chi connectivity index (χ0n) is 16.0. The summed E-state index contributed by atoms with van der Waals surface area (Å²) in [5, 5.41) is 1.22. The van der Waals surface area contributed by atoms with Gasteiger partial charge >= 0.3 is 12.1 Å². The van der Waals surface area contributed by atoms with Crippen molar-refractivity contribution in [3.05, 3.63) is 69.2 Å². The summed E-state index contributed by atoms with van der Waals surface area (Å²) in [5.74, 6) is 0.294. The minimum absolute atomic E-state index is 0.158. The molecule has 30 heavy (non-hydrogen) atoms. The second-order valence-corrected chi connectivity index (χ2v) is 8.92. The van der Waals surface area contributed by atoms with Crippen molar-refractivity contribution >= 4 is 40.7 Å². The predicted octanol–water partition coefficient (Wildman–Crippen LogP) is 6.80. The number of ether oxygens (including phenoxy) is 1. The third kappa shape index (κ3) is 5.56. The molecule has 0 fully saturated rings. The number of rotatable bonds is 6. The van der Waals surface area contributed by atoms with Gasteiger partial charge in [0, 0.05) is 21.1 Å². The van der Waals surface area contributed by atoms with Crippen molar-refractivity contribution in [2.24, 2.45) is 0 Å². The van der Waals surface area contributed by atoms with Crippen molar-refractivity contribution in [2.75, 3.05) is 7.11 Å². The van der Waals surface area contributed by atoms with Gasteiger partial charge in [0.15, 0.2) is 0 Å². The summed E-state index contributed by atoms with van der Waals surface area (Å²) in [4.78, 5) is 17.8. The highest BCUT2D eigenvalue weighted by molar-refractivity contribution is 7.98. The van der Waals surface area contributed by atoms with Gasteiger partial charge < -0.3 is 4.74 Å². The Kier molecular flexibility index (Phi) is 7.10. The Balaban J connectivity index is 1.70. The number of hydrogen-bond donors (Lipinski definition) is 0. The van der Waals surface area contributed by atoms with Crippen LogP contribution < -0.4 is 0 Å². The highest BCUT2D eigenvalue weighted by Gasteiger charge is 2.30. The summed E-state index contributed by atoms with van der Waals surface area (Å²) < 4.78 is 42.9. The van der Waals surface area contributed by atoms with Gasteiger partial charge in [-0.05, 0) is 36.8 Å². The number of thiazole rings is 1. The molecular formula is C21H17ClF3NO2S2. The summed E-state index contributed by atoms with van der Waals surface area (Å²) in [6.07, 6.45) is -4.20. The number of nitrogens with zero attached hydrogens (tertiary/aromatic N) is 1. The van der Waals surface area contributed by atoms with Gasteiger partial charge in [0.2, 0.25) is 0 Å². The Morgan fingerprint density at radius 2 is 1.90 bits per heavy atom. The van der Waals surface area contributed by atoms with E-state index < -0.39 is 11.7 Å². The molecule has 1 heterocycles. The molecule has 0 unspecified atom stereocenters. The molecule has 3 nitrogen and oxygen atoms in total. The van der Waals surface area contributed by atoms with Crippen LogP contribution in [0.25, 0.3) is 10.6 Å². The van der Waals surface area contributed by atoms with Crippen molar-refractivity contribution < 1.29 is 22.7 Å². The second kappa shape index (κ2) is 9.41. The molecule has 0 aliphatic rings. The van der Waals surface area contributed by atoms with E-state index in [4.69, 9.17) is 11.6 Å². The zero-order chi connectivity index (χ0) is 21.9. The fourth-order valence-corrected chi connectivity index (χ4v) is 5.14. The van der Waals surface area contributed by atoms with Gasteiger partial charge in [0.1, 0.15) is 5.01 Å². The van der Waals surface area contributed by atoms with Crippen LogP contribution in [0.1, 0.15) is 21.7 Å². The predicted molar refractivity (Wildman–Crippen MR) is 114 cm³/mol. The van der Waals surface area contributed by atoms with Gasteiger partial charge in [-0.15, -0.1) is 23.1 Å². The molecule has 9 heteroatoms. The number of benzene rings is 2. The molecule has 0 amide bonds. The third-order valence-corrected chi connectivity index (χ3v) is 7.20. The number of halogens is 4. The van der Waals surface area contributed by atoms with Crippen LogP contribution >= 0.6 is 34.7 Å². The number of hydrogen-bond acceptors (Lipinski definition) is 5. The van der Waals surface area contributed by atoms with E-state index in [9.17, 15) is 18.0 Å². The number of aromatic nitrogens is 1. The molecular weight excluding hydrogens is 455 g/mol. The maximum atomic E-state index is 12.7. The number of carbonyl (C=O) groups excluding carboxylic acids is 1. The van der Waals surface area contributed by atoms with Gasteiger partial charge in [-0.1, -0.05) is 29.8 Å². The average Bonchev–Trinajstić information content (AvgIpc) is 3.07. The SMILES string of the molecule is COC(=O)Cc1ccc(SCc2sc(-c3ccc(C(F)(F)F)cc3)nc2C)c(Cl)c1. The highest BCUT2D eigenvalue weighted by Crippen LogP contribution is 2.36.